The Balaban J connectivity index is 1.93. The maximum absolute atomic E-state index is 11.9. The number of hydrogen-bond acceptors (Lipinski definition) is 3. The van der Waals surface area contributed by atoms with Gasteiger partial charge in [0.2, 0.25) is 11.8 Å². The zero-order valence-electron chi connectivity index (χ0n) is 12.9. The molecule has 0 heterocycles. The lowest BCUT2D eigenvalue weighted by Crippen LogP contribution is -2.21. The summed E-state index contributed by atoms with van der Waals surface area (Å²) in [6.07, 6.45) is -0.280. The van der Waals surface area contributed by atoms with Gasteiger partial charge in [0.25, 0.3) is 0 Å². The molecule has 0 fully saturated rings. The number of ether oxygens (including phenoxy) is 1. The predicted molar refractivity (Wildman–Crippen MR) is 91.1 cm³/mol. The van der Waals surface area contributed by atoms with Crippen molar-refractivity contribution < 1.29 is 14.3 Å². The Morgan fingerprint density at radius 1 is 1.09 bits per heavy atom. The van der Waals surface area contributed by atoms with Crippen LogP contribution in [-0.2, 0) is 9.59 Å². The van der Waals surface area contributed by atoms with Crippen molar-refractivity contribution in [1.82, 2.24) is 0 Å². The van der Waals surface area contributed by atoms with E-state index in [9.17, 15) is 9.59 Å². The molecule has 0 radical (unpaired) electrons. The maximum Gasteiger partial charge on any atom is 0.233 e. The summed E-state index contributed by atoms with van der Waals surface area (Å²) in [7, 11) is 1.51. The van der Waals surface area contributed by atoms with E-state index in [2.05, 4.69) is 10.6 Å². The van der Waals surface area contributed by atoms with E-state index in [4.69, 9.17) is 16.3 Å². The molecule has 0 saturated heterocycles. The number of rotatable bonds is 5. The fourth-order valence-electron chi connectivity index (χ4n) is 2.00. The molecule has 0 saturated carbocycles. The smallest absolute Gasteiger partial charge is 0.233 e. The molecule has 2 N–H and O–H groups in total. The number of carbonyl (C=O) groups is 2. The van der Waals surface area contributed by atoms with Crippen molar-refractivity contribution in [2.45, 2.75) is 13.3 Å². The van der Waals surface area contributed by atoms with Crippen molar-refractivity contribution >= 4 is 34.8 Å². The van der Waals surface area contributed by atoms with Crippen LogP contribution in [0.25, 0.3) is 0 Å². The molecule has 2 rings (SSSR count). The monoisotopic (exact) mass is 332 g/mol. The van der Waals surface area contributed by atoms with Crippen LogP contribution in [0.15, 0.2) is 42.5 Å². The number of nitrogens with one attached hydrogen (secondary N) is 2. The SMILES string of the molecule is COc1ccc(NC(=O)CC(=O)Nc2ccccc2C)cc1Cl. The average molecular weight is 333 g/mol. The van der Waals surface area contributed by atoms with E-state index in [1.807, 2.05) is 25.1 Å². The molecule has 0 aliphatic carbocycles. The van der Waals surface area contributed by atoms with Crippen LogP contribution in [0.5, 0.6) is 5.75 Å². The number of para-hydroxylation sites is 1. The van der Waals surface area contributed by atoms with Gasteiger partial charge in [-0.2, -0.15) is 0 Å². The van der Waals surface area contributed by atoms with E-state index in [1.54, 1.807) is 24.3 Å². The summed E-state index contributed by atoms with van der Waals surface area (Å²) in [4.78, 5) is 23.8. The number of hydrogen-bond donors (Lipinski definition) is 2. The summed E-state index contributed by atoms with van der Waals surface area (Å²) in [5, 5.41) is 5.72. The third-order valence-corrected chi connectivity index (χ3v) is 3.47. The number of methoxy groups -OCH3 is 1. The number of benzene rings is 2. The summed E-state index contributed by atoms with van der Waals surface area (Å²) in [5.74, 6) is -0.282. The van der Waals surface area contributed by atoms with Gasteiger partial charge in [-0.1, -0.05) is 29.8 Å². The van der Waals surface area contributed by atoms with E-state index in [1.165, 1.54) is 7.11 Å². The van der Waals surface area contributed by atoms with Gasteiger partial charge >= 0.3 is 0 Å². The Hall–Kier alpha value is -2.53. The summed E-state index contributed by atoms with van der Waals surface area (Å²) in [6, 6.07) is 12.2. The van der Waals surface area contributed by atoms with Crippen LogP contribution >= 0.6 is 11.6 Å². The molecule has 0 aliphatic rings. The van der Waals surface area contributed by atoms with Gasteiger partial charge in [0.05, 0.1) is 12.1 Å². The van der Waals surface area contributed by atoms with Crippen molar-refractivity contribution in [3.8, 4) is 5.75 Å². The molecule has 2 aromatic rings. The van der Waals surface area contributed by atoms with E-state index in [-0.39, 0.29) is 12.3 Å². The Morgan fingerprint density at radius 3 is 2.43 bits per heavy atom. The first-order valence-corrected chi connectivity index (χ1v) is 7.36. The molecular formula is C17H17ClN2O3. The number of halogens is 1. The van der Waals surface area contributed by atoms with Crippen LogP contribution in [0.2, 0.25) is 5.02 Å². The normalized spacial score (nSPS) is 10.0. The van der Waals surface area contributed by atoms with Gasteiger partial charge in [-0.05, 0) is 36.8 Å². The van der Waals surface area contributed by atoms with Crippen molar-refractivity contribution in [1.29, 1.82) is 0 Å². The number of amides is 2. The Labute approximate surface area is 139 Å². The summed E-state index contributed by atoms with van der Waals surface area (Å²) >= 11 is 5.99. The number of anilines is 2. The minimum Gasteiger partial charge on any atom is -0.495 e. The molecule has 23 heavy (non-hydrogen) atoms. The number of aryl methyl sites for hydroxylation is 1. The summed E-state index contributed by atoms with van der Waals surface area (Å²) < 4.78 is 5.04. The third-order valence-electron chi connectivity index (χ3n) is 3.18. The molecule has 6 heteroatoms. The van der Waals surface area contributed by atoms with Crippen LogP contribution in [0.3, 0.4) is 0 Å². The summed E-state index contributed by atoms with van der Waals surface area (Å²) in [5.41, 5.74) is 2.13. The molecular weight excluding hydrogens is 316 g/mol. The van der Waals surface area contributed by atoms with Gasteiger partial charge in [0, 0.05) is 11.4 Å². The number of carbonyl (C=O) groups excluding carboxylic acids is 2. The summed E-state index contributed by atoms with van der Waals surface area (Å²) in [6.45, 7) is 1.88. The van der Waals surface area contributed by atoms with Crippen LogP contribution in [-0.4, -0.2) is 18.9 Å². The van der Waals surface area contributed by atoms with Gasteiger partial charge in [0.1, 0.15) is 12.2 Å². The molecule has 0 unspecified atom stereocenters. The highest BCUT2D eigenvalue weighted by Crippen LogP contribution is 2.27. The highest BCUT2D eigenvalue weighted by Gasteiger charge is 2.11. The van der Waals surface area contributed by atoms with Crippen molar-refractivity contribution in [2.24, 2.45) is 0 Å². The van der Waals surface area contributed by atoms with Crippen molar-refractivity contribution in [2.75, 3.05) is 17.7 Å². The lowest BCUT2D eigenvalue weighted by atomic mass is 10.2. The first-order chi connectivity index (χ1) is 11.0. The molecule has 120 valence electrons. The molecule has 0 aromatic heterocycles. The molecule has 0 bridgehead atoms. The highest BCUT2D eigenvalue weighted by atomic mass is 35.5. The predicted octanol–water partition coefficient (Wildman–Crippen LogP) is 3.62. The molecule has 0 atom stereocenters. The van der Waals surface area contributed by atoms with Crippen molar-refractivity contribution in [3.05, 3.63) is 53.1 Å². The van der Waals surface area contributed by atoms with Gasteiger partial charge in [-0.15, -0.1) is 0 Å². The Morgan fingerprint density at radius 2 is 1.78 bits per heavy atom. The molecule has 0 aliphatic heterocycles. The van der Waals surface area contributed by atoms with Crippen LogP contribution < -0.4 is 15.4 Å². The average Bonchev–Trinajstić information content (AvgIpc) is 2.49. The van der Waals surface area contributed by atoms with Crippen LogP contribution in [0, 0.1) is 6.92 Å². The zero-order valence-corrected chi connectivity index (χ0v) is 13.6. The molecule has 5 nitrogen and oxygen atoms in total. The second kappa shape index (κ2) is 7.65. The first kappa shape index (κ1) is 16.8. The lowest BCUT2D eigenvalue weighted by Gasteiger charge is -2.09. The van der Waals surface area contributed by atoms with E-state index < -0.39 is 5.91 Å². The standard InChI is InChI=1S/C17H17ClN2O3/c1-11-5-3-4-6-14(11)20-17(22)10-16(21)19-12-7-8-15(23-2)13(18)9-12/h3-9H,10H2,1-2H3,(H,19,21)(H,20,22). The zero-order chi connectivity index (χ0) is 16.8. The van der Waals surface area contributed by atoms with E-state index in [0.29, 0.717) is 22.1 Å². The molecule has 0 spiro atoms. The first-order valence-electron chi connectivity index (χ1n) is 6.98. The fraction of sp³-hybridized carbons (Fsp3) is 0.176. The van der Waals surface area contributed by atoms with Gasteiger partial charge in [0.15, 0.2) is 0 Å². The third kappa shape index (κ3) is 4.72. The molecule has 2 aromatic carbocycles. The van der Waals surface area contributed by atoms with E-state index >= 15 is 0 Å². The maximum atomic E-state index is 11.9. The lowest BCUT2D eigenvalue weighted by molar-refractivity contribution is -0.123. The quantitative estimate of drug-likeness (QED) is 0.822. The minimum atomic E-state index is -0.419. The second-order valence-electron chi connectivity index (χ2n) is 4.94. The minimum absolute atomic E-state index is 0.280. The second-order valence-corrected chi connectivity index (χ2v) is 5.34. The topological polar surface area (TPSA) is 67.4 Å². The molecule has 2 amide bonds. The Bertz CT molecular complexity index is 732. The van der Waals surface area contributed by atoms with E-state index in [0.717, 1.165) is 5.56 Å². The largest absolute Gasteiger partial charge is 0.495 e. The highest BCUT2D eigenvalue weighted by molar-refractivity contribution is 6.32. The van der Waals surface area contributed by atoms with Gasteiger partial charge in [-0.3, -0.25) is 9.59 Å². The Kier molecular flexibility index (Phi) is 5.60. The van der Waals surface area contributed by atoms with Crippen molar-refractivity contribution in [3.63, 3.8) is 0 Å². The fourth-order valence-corrected chi connectivity index (χ4v) is 2.26. The van der Waals surface area contributed by atoms with Gasteiger partial charge in [-0.25, -0.2) is 0 Å². The van der Waals surface area contributed by atoms with Crippen LogP contribution in [0.1, 0.15) is 12.0 Å². The van der Waals surface area contributed by atoms with Gasteiger partial charge < -0.3 is 15.4 Å². The van der Waals surface area contributed by atoms with Crippen LogP contribution in [0.4, 0.5) is 11.4 Å².